The Morgan fingerprint density at radius 3 is 2.61 bits per heavy atom. The molecule has 2 amide bonds. The third kappa shape index (κ3) is 8.15. The first-order valence-corrected chi connectivity index (χ1v) is 7.34. The summed E-state index contributed by atoms with van der Waals surface area (Å²) in [5.74, 6) is -0.786. The summed E-state index contributed by atoms with van der Waals surface area (Å²) < 4.78 is 18.1. The largest absolute Gasteiger partial charge is 0.444 e. The lowest BCUT2D eigenvalue weighted by atomic mass is 10.1. The molecule has 0 aliphatic carbocycles. The highest BCUT2D eigenvalue weighted by Crippen LogP contribution is 2.12. The average molecular weight is 326 g/mol. The van der Waals surface area contributed by atoms with Crippen molar-refractivity contribution in [1.82, 2.24) is 10.6 Å². The van der Waals surface area contributed by atoms with Gasteiger partial charge in [-0.25, -0.2) is 9.18 Å². The number of alkyl carbamates (subject to hydrolysis) is 1. The number of benzene rings is 1. The van der Waals surface area contributed by atoms with Crippen molar-refractivity contribution < 1.29 is 23.8 Å². The van der Waals surface area contributed by atoms with E-state index in [1.54, 1.807) is 26.8 Å². The van der Waals surface area contributed by atoms with Crippen LogP contribution >= 0.6 is 0 Å². The molecule has 0 saturated heterocycles. The maximum atomic E-state index is 13.0. The summed E-state index contributed by atoms with van der Waals surface area (Å²) in [5.41, 5.74) is -0.210. The molecule has 0 aliphatic heterocycles. The monoisotopic (exact) mass is 326 g/mol. The van der Waals surface area contributed by atoms with Crippen molar-refractivity contribution in [3.63, 3.8) is 0 Å². The maximum Gasteiger partial charge on any atom is 0.407 e. The predicted molar refractivity (Wildman–Crippen MR) is 83.2 cm³/mol. The summed E-state index contributed by atoms with van der Waals surface area (Å²) in [6.07, 6.45) is -1.53. The van der Waals surface area contributed by atoms with Crippen LogP contribution < -0.4 is 10.6 Å². The van der Waals surface area contributed by atoms with E-state index in [2.05, 4.69) is 10.6 Å². The van der Waals surface area contributed by atoms with Gasteiger partial charge in [-0.3, -0.25) is 4.79 Å². The molecule has 0 radical (unpaired) electrons. The molecule has 0 spiro atoms. The number of amides is 2. The Morgan fingerprint density at radius 1 is 1.30 bits per heavy atom. The molecule has 0 bridgehead atoms. The smallest absolute Gasteiger partial charge is 0.407 e. The second-order valence-electron chi connectivity index (χ2n) is 6.05. The minimum Gasteiger partial charge on any atom is -0.444 e. The van der Waals surface area contributed by atoms with E-state index in [1.165, 1.54) is 18.2 Å². The number of nitrogens with one attached hydrogen (secondary N) is 2. The van der Waals surface area contributed by atoms with E-state index in [4.69, 9.17) is 4.74 Å². The molecular formula is C16H23FN2O4. The molecule has 1 unspecified atom stereocenters. The summed E-state index contributed by atoms with van der Waals surface area (Å²) in [6.45, 7) is 5.32. The molecular weight excluding hydrogens is 303 g/mol. The van der Waals surface area contributed by atoms with Gasteiger partial charge in [0.2, 0.25) is 5.91 Å². The van der Waals surface area contributed by atoms with Crippen LogP contribution in [-0.4, -0.2) is 35.8 Å². The highest BCUT2D eigenvalue weighted by molar-refractivity contribution is 5.77. The van der Waals surface area contributed by atoms with Gasteiger partial charge in [-0.05, 0) is 38.5 Å². The van der Waals surface area contributed by atoms with Crippen molar-refractivity contribution in [2.24, 2.45) is 0 Å². The van der Waals surface area contributed by atoms with Crippen molar-refractivity contribution in [2.45, 2.75) is 38.9 Å². The molecule has 23 heavy (non-hydrogen) atoms. The van der Waals surface area contributed by atoms with E-state index in [0.717, 1.165) is 0 Å². The molecule has 3 N–H and O–H groups in total. The normalized spacial score (nSPS) is 12.4. The Morgan fingerprint density at radius 2 is 2.00 bits per heavy atom. The van der Waals surface area contributed by atoms with Crippen molar-refractivity contribution in [3.05, 3.63) is 35.6 Å². The third-order valence-corrected chi connectivity index (χ3v) is 2.75. The van der Waals surface area contributed by atoms with Crippen LogP contribution in [0.3, 0.4) is 0 Å². The highest BCUT2D eigenvalue weighted by Gasteiger charge is 2.16. The van der Waals surface area contributed by atoms with E-state index in [1.807, 2.05) is 0 Å². The van der Waals surface area contributed by atoms with Gasteiger partial charge in [-0.2, -0.15) is 0 Å². The first-order chi connectivity index (χ1) is 10.7. The van der Waals surface area contributed by atoms with Crippen molar-refractivity contribution in [3.8, 4) is 0 Å². The number of ether oxygens (including phenoxy) is 1. The van der Waals surface area contributed by atoms with E-state index < -0.39 is 23.6 Å². The Balaban J connectivity index is 2.25. The van der Waals surface area contributed by atoms with Gasteiger partial charge in [0, 0.05) is 19.5 Å². The van der Waals surface area contributed by atoms with E-state index in [0.29, 0.717) is 5.56 Å². The molecule has 0 saturated carbocycles. The van der Waals surface area contributed by atoms with Crippen LogP contribution in [0.25, 0.3) is 0 Å². The van der Waals surface area contributed by atoms with Crippen molar-refractivity contribution in [2.75, 3.05) is 13.1 Å². The Labute approximate surface area is 135 Å². The molecule has 0 heterocycles. The number of carbonyl (C=O) groups excluding carboxylic acids is 2. The lowest BCUT2D eigenvalue weighted by Crippen LogP contribution is -2.35. The van der Waals surface area contributed by atoms with Gasteiger partial charge in [-0.15, -0.1) is 0 Å². The van der Waals surface area contributed by atoms with Crippen LogP contribution in [0.15, 0.2) is 24.3 Å². The third-order valence-electron chi connectivity index (χ3n) is 2.75. The zero-order valence-corrected chi connectivity index (χ0v) is 13.6. The number of aliphatic hydroxyl groups is 1. The fraction of sp³-hybridized carbons (Fsp3) is 0.500. The van der Waals surface area contributed by atoms with Gasteiger partial charge in [0.15, 0.2) is 0 Å². The minimum atomic E-state index is -0.992. The fourth-order valence-corrected chi connectivity index (χ4v) is 1.72. The van der Waals surface area contributed by atoms with Gasteiger partial charge >= 0.3 is 6.09 Å². The van der Waals surface area contributed by atoms with Crippen LogP contribution in [0.1, 0.15) is 38.9 Å². The van der Waals surface area contributed by atoms with Gasteiger partial charge in [0.05, 0.1) is 6.10 Å². The molecule has 6 nitrogen and oxygen atoms in total. The summed E-state index contributed by atoms with van der Waals surface area (Å²) >= 11 is 0. The second-order valence-corrected chi connectivity index (χ2v) is 6.05. The zero-order chi connectivity index (χ0) is 17.5. The van der Waals surface area contributed by atoms with Crippen LogP contribution in [-0.2, 0) is 9.53 Å². The SMILES string of the molecule is CC(C)(C)OC(=O)NCCC(=O)NCC(O)c1cccc(F)c1. The molecule has 0 aliphatic rings. The zero-order valence-electron chi connectivity index (χ0n) is 13.6. The minimum absolute atomic E-state index is 0.0330. The number of hydrogen-bond acceptors (Lipinski definition) is 4. The number of carbonyl (C=O) groups is 2. The van der Waals surface area contributed by atoms with Crippen molar-refractivity contribution >= 4 is 12.0 Å². The first kappa shape index (κ1) is 18.9. The molecule has 1 aromatic rings. The summed E-state index contributed by atoms with van der Waals surface area (Å²) in [5, 5.41) is 14.8. The maximum absolute atomic E-state index is 13.0. The molecule has 7 heteroatoms. The van der Waals surface area contributed by atoms with Crippen LogP contribution in [0.4, 0.5) is 9.18 Å². The molecule has 0 aromatic heterocycles. The number of halogens is 1. The van der Waals surface area contributed by atoms with Crippen LogP contribution in [0, 0.1) is 5.82 Å². The molecule has 0 fully saturated rings. The number of aliphatic hydroxyl groups excluding tert-OH is 1. The quantitative estimate of drug-likeness (QED) is 0.745. The first-order valence-electron chi connectivity index (χ1n) is 7.34. The lowest BCUT2D eigenvalue weighted by Gasteiger charge is -2.19. The van der Waals surface area contributed by atoms with Crippen LogP contribution in [0.2, 0.25) is 0 Å². The van der Waals surface area contributed by atoms with Gasteiger partial charge in [-0.1, -0.05) is 12.1 Å². The van der Waals surface area contributed by atoms with Gasteiger partial charge < -0.3 is 20.5 Å². The molecule has 128 valence electrons. The van der Waals surface area contributed by atoms with Crippen molar-refractivity contribution in [1.29, 1.82) is 0 Å². The average Bonchev–Trinajstić information content (AvgIpc) is 2.42. The molecule has 1 atom stereocenters. The number of hydrogen-bond donors (Lipinski definition) is 3. The predicted octanol–water partition coefficient (Wildman–Crippen LogP) is 1.89. The summed E-state index contributed by atoms with van der Waals surface area (Å²) in [6, 6.07) is 5.54. The lowest BCUT2D eigenvalue weighted by molar-refractivity contribution is -0.121. The Bertz CT molecular complexity index is 543. The Kier molecular flexibility index (Phi) is 6.96. The van der Waals surface area contributed by atoms with Crippen LogP contribution in [0.5, 0.6) is 0 Å². The van der Waals surface area contributed by atoms with Gasteiger partial charge in [0.25, 0.3) is 0 Å². The van der Waals surface area contributed by atoms with E-state index in [9.17, 15) is 19.1 Å². The van der Waals surface area contributed by atoms with Gasteiger partial charge in [0.1, 0.15) is 11.4 Å². The standard InChI is InChI=1S/C16H23FN2O4/c1-16(2,3)23-15(22)18-8-7-14(21)19-10-13(20)11-5-4-6-12(17)9-11/h4-6,9,13,20H,7-8,10H2,1-3H3,(H,18,22)(H,19,21). The highest BCUT2D eigenvalue weighted by atomic mass is 19.1. The summed E-state index contributed by atoms with van der Waals surface area (Å²) in [7, 11) is 0. The Hall–Kier alpha value is -2.15. The molecule has 1 aromatic carbocycles. The van der Waals surface area contributed by atoms with E-state index >= 15 is 0 Å². The number of rotatable bonds is 6. The van der Waals surface area contributed by atoms with E-state index in [-0.39, 0.29) is 25.4 Å². The fourth-order valence-electron chi connectivity index (χ4n) is 1.72. The topological polar surface area (TPSA) is 87.7 Å². The second kappa shape index (κ2) is 8.47. The molecule has 1 rings (SSSR count). The summed E-state index contributed by atoms with van der Waals surface area (Å²) in [4.78, 5) is 23.0.